The Hall–Kier alpha value is -0.480. The van der Waals surface area contributed by atoms with E-state index in [1.54, 1.807) is 0 Å². The van der Waals surface area contributed by atoms with Gasteiger partial charge in [0.2, 0.25) is 0 Å². The molecule has 0 amide bonds. The summed E-state index contributed by atoms with van der Waals surface area (Å²) in [6.45, 7) is 7.67. The van der Waals surface area contributed by atoms with Crippen molar-refractivity contribution in [1.29, 1.82) is 0 Å². The highest BCUT2D eigenvalue weighted by atomic mass is 32.1. The molecule has 102 valence electrons. The molecule has 3 nitrogen and oxygen atoms in total. The van der Waals surface area contributed by atoms with E-state index in [1.165, 1.54) is 29.3 Å². The Morgan fingerprint density at radius 2 is 1.94 bits per heavy atom. The number of aromatic nitrogens is 2. The SMILES string of the molecule is CC(C)(C)NCCCc1nnc(CC2CCC2)s1. The van der Waals surface area contributed by atoms with Crippen LogP contribution in [-0.2, 0) is 12.8 Å². The molecule has 1 aromatic heterocycles. The lowest BCUT2D eigenvalue weighted by molar-refractivity contribution is 0.313. The van der Waals surface area contributed by atoms with Crippen LogP contribution in [0.4, 0.5) is 0 Å². The number of nitrogens with one attached hydrogen (secondary N) is 1. The van der Waals surface area contributed by atoms with Crippen LogP contribution < -0.4 is 5.32 Å². The molecular formula is C14H25N3S. The van der Waals surface area contributed by atoms with E-state index in [9.17, 15) is 0 Å². The zero-order valence-corrected chi connectivity index (χ0v) is 12.6. The van der Waals surface area contributed by atoms with Crippen LogP contribution >= 0.6 is 11.3 Å². The van der Waals surface area contributed by atoms with E-state index in [-0.39, 0.29) is 5.54 Å². The first-order chi connectivity index (χ1) is 8.53. The Balaban J connectivity index is 1.66. The van der Waals surface area contributed by atoms with Gasteiger partial charge in [0.25, 0.3) is 0 Å². The zero-order valence-electron chi connectivity index (χ0n) is 11.8. The molecule has 0 radical (unpaired) electrons. The molecule has 4 heteroatoms. The molecule has 1 aliphatic rings. The number of hydrogen-bond donors (Lipinski definition) is 1. The molecule has 0 saturated heterocycles. The van der Waals surface area contributed by atoms with E-state index in [4.69, 9.17) is 0 Å². The van der Waals surface area contributed by atoms with Gasteiger partial charge in [-0.3, -0.25) is 0 Å². The minimum absolute atomic E-state index is 0.219. The lowest BCUT2D eigenvalue weighted by Gasteiger charge is -2.23. The van der Waals surface area contributed by atoms with Crippen molar-refractivity contribution >= 4 is 11.3 Å². The van der Waals surface area contributed by atoms with E-state index in [0.717, 1.165) is 31.7 Å². The van der Waals surface area contributed by atoms with Crippen molar-refractivity contribution in [2.24, 2.45) is 5.92 Å². The molecule has 1 aliphatic carbocycles. The summed E-state index contributed by atoms with van der Waals surface area (Å²) in [6.07, 6.45) is 7.57. The van der Waals surface area contributed by atoms with Gasteiger partial charge in [-0.2, -0.15) is 0 Å². The third kappa shape index (κ3) is 4.65. The van der Waals surface area contributed by atoms with Gasteiger partial charge < -0.3 is 5.32 Å². The minimum atomic E-state index is 0.219. The smallest absolute Gasteiger partial charge is 0.117 e. The van der Waals surface area contributed by atoms with Crippen LogP contribution in [0.3, 0.4) is 0 Å². The molecule has 1 fully saturated rings. The molecule has 18 heavy (non-hydrogen) atoms. The molecule has 1 N–H and O–H groups in total. The number of hydrogen-bond acceptors (Lipinski definition) is 4. The molecule has 1 saturated carbocycles. The largest absolute Gasteiger partial charge is 0.312 e. The number of rotatable bonds is 6. The number of aryl methyl sites for hydroxylation is 1. The third-order valence-corrected chi connectivity index (χ3v) is 4.42. The van der Waals surface area contributed by atoms with E-state index in [1.807, 2.05) is 11.3 Å². The Kier molecular flexibility index (Phi) is 4.73. The zero-order chi connectivity index (χ0) is 13.0. The summed E-state index contributed by atoms with van der Waals surface area (Å²) >= 11 is 1.82. The standard InChI is InChI=1S/C14H25N3S/c1-14(2,3)15-9-5-8-12-16-17-13(18-12)10-11-6-4-7-11/h11,15H,4-10H2,1-3H3. The fourth-order valence-electron chi connectivity index (χ4n) is 2.12. The summed E-state index contributed by atoms with van der Waals surface area (Å²) in [5.41, 5.74) is 0.219. The van der Waals surface area contributed by atoms with Gasteiger partial charge in [0, 0.05) is 18.4 Å². The molecule has 0 spiro atoms. The van der Waals surface area contributed by atoms with Gasteiger partial charge in [-0.25, -0.2) is 0 Å². The highest BCUT2D eigenvalue weighted by Crippen LogP contribution is 2.30. The fraction of sp³-hybridized carbons (Fsp3) is 0.857. The van der Waals surface area contributed by atoms with Gasteiger partial charge in [0.1, 0.15) is 10.0 Å². The van der Waals surface area contributed by atoms with Gasteiger partial charge in [-0.1, -0.05) is 19.3 Å². The van der Waals surface area contributed by atoms with Gasteiger partial charge in [-0.15, -0.1) is 21.5 Å². The summed E-state index contributed by atoms with van der Waals surface area (Å²) < 4.78 is 0. The maximum atomic E-state index is 4.31. The number of nitrogens with zero attached hydrogens (tertiary/aromatic N) is 2. The summed E-state index contributed by atoms with van der Waals surface area (Å²) in [4.78, 5) is 0. The lowest BCUT2D eigenvalue weighted by Crippen LogP contribution is -2.36. The molecule has 0 atom stereocenters. The van der Waals surface area contributed by atoms with E-state index in [0.29, 0.717) is 0 Å². The van der Waals surface area contributed by atoms with Crippen LogP contribution in [0.25, 0.3) is 0 Å². The third-order valence-electron chi connectivity index (χ3n) is 3.42. The van der Waals surface area contributed by atoms with Crippen LogP contribution in [-0.4, -0.2) is 22.3 Å². The highest BCUT2D eigenvalue weighted by Gasteiger charge is 2.19. The quantitative estimate of drug-likeness (QED) is 0.804. The predicted molar refractivity (Wildman–Crippen MR) is 77.0 cm³/mol. The second kappa shape index (κ2) is 6.11. The first-order valence-electron chi connectivity index (χ1n) is 7.09. The maximum Gasteiger partial charge on any atom is 0.117 e. The first kappa shape index (κ1) is 13.9. The Bertz CT molecular complexity index is 363. The van der Waals surface area contributed by atoms with Crippen molar-refractivity contribution < 1.29 is 0 Å². The fourth-order valence-corrected chi connectivity index (χ4v) is 3.12. The van der Waals surface area contributed by atoms with Gasteiger partial charge >= 0.3 is 0 Å². The van der Waals surface area contributed by atoms with E-state index >= 15 is 0 Å². The van der Waals surface area contributed by atoms with Crippen LogP contribution in [0, 0.1) is 5.92 Å². The first-order valence-corrected chi connectivity index (χ1v) is 7.91. The van der Waals surface area contributed by atoms with Crippen molar-refractivity contribution in [3.63, 3.8) is 0 Å². The molecule has 0 aliphatic heterocycles. The minimum Gasteiger partial charge on any atom is -0.312 e. The summed E-state index contributed by atoms with van der Waals surface area (Å²) in [7, 11) is 0. The second-order valence-corrected chi connectivity index (χ2v) is 7.52. The molecule has 0 bridgehead atoms. The van der Waals surface area contributed by atoms with Crippen LogP contribution in [0.2, 0.25) is 0 Å². The molecule has 0 unspecified atom stereocenters. The summed E-state index contributed by atoms with van der Waals surface area (Å²) in [6, 6.07) is 0. The van der Waals surface area contributed by atoms with Crippen LogP contribution in [0.5, 0.6) is 0 Å². The molecule has 0 aromatic carbocycles. The molecule has 1 heterocycles. The van der Waals surface area contributed by atoms with Crippen molar-refractivity contribution in [2.45, 2.75) is 64.8 Å². The Labute approximate surface area is 114 Å². The van der Waals surface area contributed by atoms with E-state index < -0.39 is 0 Å². The monoisotopic (exact) mass is 267 g/mol. The van der Waals surface area contributed by atoms with Crippen molar-refractivity contribution in [3.05, 3.63) is 10.0 Å². The maximum absolute atomic E-state index is 4.31. The normalized spacial score (nSPS) is 16.8. The molecular weight excluding hydrogens is 242 g/mol. The van der Waals surface area contributed by atoms with Crippen molar-refractivity contribution in [2.75, 3.05) is 6.54 Å². The average Bonchev–Trinajstić information content (AvgIpc) is 2.65. The van der Waals surface area contributed by atoms with E-state index in [2.05, 4.69) is 36.3 Å². The summed E-state index contributed by atoms with van der Waals surface area (Å²) in [5.74, 6) is 0.897. The van der Waals surface area contributed by atoms with Gasteiger partial charge in [0.15, 0.2) is 0 Å². The van der Waals surface area contributed by atoms with Gasteiger partial charge in [0.05, 0.1) is 0 Å². The Morgan fingerprint density at radius 1 is 1.22 bits per heavy atom. The highest BCUT2D eigenvalue weighted by molar-refractivity contribution is 7.11. The Morgan fingerprint density at radius 3 is 2.56 bits per heavy atom. The lowest BCUT2D eigenvalue weighted by atomic mass is 9.83. The van der Waals surface area contributed by atoms with Crippen LogP contribution in [0.1, 0.15) is 56.5 Å². The van der Waals surface area contributed by atoms with Gasteiger partial charge in [-0.05, 0) is 39.7 Å². The second-order valence-electron chi connectivity index (χ2n) is 6.37. The molecule has 1 aromatic rings. The average molecular weight is 267 g/mol. The van der Waals surface area contributed by atoms with Crippen LogP contribution in [0.15, 0.2) is 0 Å². The van der Waals surface area contributed by atoms with Crippen molar-refractivity contribution in [3.8, 4) is 0 Å². The topological polar surface area (TPSA) is 37.8 Å². The molecule has 2 rings (SSSR count). The summed E-state index contributed by atoms with van der Waals surface area (Å²) in [5, 5.41) is 14.6. The van der Waals surface area contributed by atoms with Crippen molar-refractivity contribution in [1.82, 2.24) is 15.5 Å². The predicted octanol–water partition coefficient (Wildman–Crippen LogP) is 3.20.